The number of likely N-dealkylation sites (tertiary alicyclic amines) is 1. The highest BCUT2D eigenvalue weighted by Crippen LogP contribution is 2.30. The van der Waals surface area contributed by atoms with E-state index in [0.29, 0.717) is 29.7 Å². The normalized spacial score (nSPS) is 20.9. The third kappa shape index (κ3) is 3.43. The van der Waals surface area contributed by atoms with Crippen molar-refractivity contribution in [1.82, 2.24) is 4.90 Å². The molecule has 23 heavy (non-hydrogen) atoms. The van der Waals surface area contributed by atoms with Crippen LogP contribution in [0.3, 0.4) is 0 Å². The molecule has 2 rings (SSSR count). The summed E-state index contributed by atoms with van der Waals surface area (Å²) >= 11 is 0. The van der Waals surface area contributed by atoms with Crippen LogP contribution in [0.25, 0.3) is 0 Å². The predicted molar refractivity (Wildman–Crippen MR) is 78.8 cm³/mol. The molecule has 0 saturated carbocycles. The fraction of sp³-hybridized carbons (Fsp3) is 0.500. The van der Waals surface area contributed by atoms with Crippen molar-refractivity contribution in [2.75, 3.05) is 6.54 Å². The molecular formula is C16H19F2NO4. The molecule has 1 fully saturated rings. The monoisotopic (exact) mass is 327 g/mol. The van der Waals surface area contributed by atoms with Crippen molar-refractivity contribution in [1.29, 1.82) is 0 Å². The third-order valence-electron chi connectivity index (χ3n) is 4.25. The Morgan fingerprint density at radius 2 is 1.87 bits per heavy atom. The number of ether oxygens (including phenoxy) is 1. The third-order valence-corrected chi connectivity index (χ3v) is 4.25. The molecule has 1 saturated heterocycles. The number of benzene rings is 1. The number of hydrogen-bond acceptors (Lipinski definition) is 3. The summed E-state index contributed by atoms with van der Waals surface area (Å²) in [4.78, 5) is 25.3. The van der Waals surface area contributed by atoms with Crippen LogP contribution in [0.2, 0.25) is 0 Å². The van der Waals surface area contributed by atoms with Gasteiger partial charge < -0.3 is 14.7 Å². The van der Waals surface area contributed by atoms with E-state index >= 15 is 0 Å². The zero-order valence-electron chi connectivity index (χ0n) is 13.2. The maximum absolute atomic E-state index is 12.6. The first-order valence-corrected chi connectivity index (χ1v) is 7.32. The lowest BCUT2D eigenvalue weighted by Crippen LogP contribution is -2.37. The van der Waals surface area contributed by atoms with Crippen LogP contribution in [0.15, 0.2) is 12.1 Å². The minimum absolute atomic E-state index is 0.0643. The van der Waals surface area contributed by atoms with Gasteiger partial charge >= 0.3 is 12.6 Å². The highest BCUT2D eigenvalue weighted by atomic mass is 19.3. The first-order valence-electron chi connectivity index (χ1n) is 7.32. The molecule has 7 heteroatoms. The number of aliphatic carboxylic acids is 1. The summed E-state index contributed by atoms with van der Waals surface area (Å²) in [7, 11) is 0. The number of amides is 1. The topological polar surface area (TPSA) is 66.8 Å². The lowest BCUT2D eigenvalue weighted by Gasteiger charge is -2.24. The minimum atomic E-state index is -2.93. The van der Waals surface area contributed by atoms with Gasteiger partial charge in [-0.1, -0.05) is 0 Å². The highest BCUT2D eigenvalue weighted by Gasteiger charge is 2.38. The molecule has 0 aliphatic carbocycles. The predicted octanol–water partition coefficient (Wildman–Crippen LogP) is 2.84. The number of carboxylic acids is 1. The Morgan fingerprint density at radius 1 is 1.30 bits per heavy atom. The van der Waals surface area contributed by atoms with Gasteiger partial charge in [-0.3, -0.25) is 9.59 Å². The van der Waals surface area contributed by atoms with Gasteiger partial charge in [-0.25, -0.2) is 0 Å². The molecule has 2 atom stereocenters. The zero-order chi connectivity index (χ0) is 17.3. The second-order valence-corrected chi connectivity index (χ2v) is 5.79. The second kappa shape index (κ2) is 6.52. The molecule has 0 bridgehead atoms. The molecule has 1 aromatic carbocycles. The number of nitrogens with zero attached hydrogens (tertiary/aromatic N) is 1. The molecule has 1 amide bonds. The van der Waals surface area contributed by atoms with E-state index in [1.54, 1.807) is 20.8 Å². The Labute approximate surface area is 132 Å². The fourth-order valence-corrected chi connectivity index (χ4v) is 3.07. The Balaban J connectivity index is 2.26. The standard InChI is InChI=1S/C16H19F2NO4/c1-8-6-11(7-9(2)13(8)23-16(17)18)14(20)19-5-4-12(10(19)3)15(21)22/h6-7,10,12,16H,4-5H2,1-3H3,(H,21,22). The van der Waals surface area contributed by atoms with Gasteiger partial charge in [0, 0.05) is 18.2 Å². The van der Waals surface area contributed by atoms with E-state index in [9.17, 15) is 18.4 Å². The average molecular weight is 327 g/mol. The summed E-state index contributed by atoms with van der Waals surface area (Å²) < 4.78 is 29.3. The van der Waals surface area contributed by atoms with Crippen molar-refractivity contribution < 1.29 is 28.2 Å². The second-order valence-electron chi connectivity index (χ2n) is 5.79. The lowest BCUT2D eigenvalue weighted by molar-refractivity contribution is -0.142. The van der Waals surface area contributed by atoms with Gasteiger partial charge in [-0.15, -0.1) is 0 Å². The average Bonchev–Trinajstić information content (AvgIpc) is 2.83. The largest absolute Gasteiger partial charge is 0.481 e. The van der Waals surface area contributed by atoms with Crippen LogP contribution in [-0.2, 0) is 4.79 Å². The first-order chi connectivity index (χ1) is 10.7. The Kier molecular flexibility index (Phi) is 4.87. The van der Waals surface area contributed by atoms with Gasteiger partial charge in [0.15, 0.2) is 0 Å². The van der Waals surface area contributed by atoms with Crippen LogP contribution >= 0.6 is 0 Å². The van der Waals surface area contributed by atoms with E-state index in [2.05, 4.69) is 4.74 Å². The van der Waals surface area contributed by atoms with Crippen molar-refractivity contribution >= 4 is 11.9 Å². The first kappa shape index (κ1) is 17.2. The summed E-state index contributed by atoms with van der Waals surface area (Å²) in [6, 6.07) is 2.58. The van der Waals surface area contributed by atoms with Gasteiger partial charge in [0.25, 0.3) is 5.91 Å². The Morgan fingerprint density at radius 3 is 2.30 bits per heavy atom. The summed E-state index contributed by atoms with van der Waals surface area (Å²) in [6.07, 6.45) is 0.410. The van der Waals surface area contributed by atoms with Gasteiger partial charge in [-0.2, -0.15) is 8.78 Å². The molecule has 0 radical (unpaired) electrons. The van der Waals surface area contributed by atoms with E-state index < -0.39 is 24.5 Å². The summed E-state index contributed by atoms with van der Waals surface area (Å²) in [6.45, 7) is 2.33. The SMILES string of the molecule is Cc1cc(C(=O)N2CCC(C(=O)O)C2C)cc(C)c1OC(F)F. The quantitative estimate of drug-likeness (QED) is 0.923. The van der Waals surface area contributed by atoms with E-state index in [-0.39, 0.29) is 11.7 Å². The van der Waals surface area contributed by atoms with Gasteiger partial charge in [0.2, 0.25) is 0 Å². The zero-order valence-corrected chi connectivity index (χ0v) is 13.2. The summed E-state index contributed by atoms with van der Waals surface area (Å²) in [5.74, 6) is -1.73. The van der Waals surface area contributed by atoms with Crippen molar-refractivity contribution in [3.63, 3.8) is 0 Å². The van der Waals surface area contributed by atoms with Crippen LogP contribution in [0.5, 0.6) is 5.75 Å². The van der Waals surface area contributed by atoms with E-state index in [1.807, 2.05) is 0 Å². The number of carboxylic acid groups (broad SMARTS) is 1. The highest BCUT2D eigenvalue weighted by molar-refractivity contribution is 5.95. The van der Waals surface area contributed by atoms with Crippen LogP contribution in [0.1, 0.15) is 34.8 Å². The molecular weight excluding hydrogens is 308 g/mol. The number of halogens is 2. The van der Waals surface area contributed by atoms with E-state index in [1.165, 1.54) is 17.0 Å². The molecule has 0 aromatic heterocycles. The van der Waals surface area contributed by atoms with Crippen molar-refractivity contribution in [2.45, 2.75) is 39.8 Å². The molecule has 1 N–H and O–H groups in total. The maximum atomic E-state index is 12.6. The molecule has 1 heterocycles. The lowest BCUT2D eigenvalue weighted by atomic mass is 10.0. The number of rotatable bonds is 4. The van der Waals surface area contributed by atoms with Gasteiger partial charge in [0.1, 0.15) is 5.75 Å². The van der Waals surface area contributed by atoms with Gasteiger partial charge in [-0.05, 0) is 50.5 Å². The number of carbonyl (C=O) groups is 2. The van der Waals surface area contributed by atoms with Crippen LogP contribution in [-0.4, -0.2) is 41.1 Å². The molecule has 1 aromatic rings. The van der Waals surface area contributed by atoms with Crippen LogP contribution < -0.4 is 4.74 Å². The molecule has 0 spiro atoms. The Hall–Kier alpha value is -2.18. The number of alkyl halides is 2. The molecule has 5 nitrogen and oxygen atoms in total. The molecule has 1 aliphatic rings. The van der Waals surface area contributed by atoms with Crippen molar-refractivity contribution in [3.8, 4) is 5.75 Å². The molecule has 1 aliphatic heterocycles. The number of hydrogen-bond donors (Lipinski definition) is 1. The molecule has 126 valence electrons. The Bertz CT molecular complexity index is 610. The maximum Gasteiger partial charge on any atom is 0.387 e. The molecule has 2 unspecified atom stereocenters. The summed E-state index contributed by atoms with van der Waals surface area (Å²) in [5.41, 5.74) is 1.23. The van der Waals surface area contributed by atoms with E-state index in [4.69, 9.17) is 5.11 Å². The summed E-state index contributed by atoms with van der Waals surface area (Å²) in [5, 5.41) is 9.14. The minimum Gasteiger partial charge on any atom is -0.481 e. The number of aryl methyl sites for hydroxylation is 2. The fourth-order valence-electron chi connectivity index (χ4n) is 3.07. The van der Waals surface area contributed by atoms with Crippen LogP contribution in [0.4, 0.5) is 8.78 Å². The van der Waals surface area contributed by atoms with E-state index in [0.717, 1.165) is 0 Å². The number of carbonyl (C=O) groups excluding carboxylic acids is 1. The van der Waals surface area contributed by atoms with Crippen molar-refractivity contribution in [3.05, 3.63) is 28.8 Å². The van der Waals surface area contributed by atoms with Crippen LogP contribution in [0, 0.1) is 19.8 Å². The van der Waals surface area contributed by atoms with Gasteiger partial charge in [0.05, 0.1) is 5.92 Å². The smallest absolute Gasteiger partial charge is 0.387 e. The van der Waals surface area contributed by atoms with Crippen molar-refractivity contribution in [2.24, 2.45) is 5.92 Å².